The van der Waals surface area contributed by atoms with Crippen LogP contribution in [0.3, 0.4) is 0 Å². The van der Waals surface area contributed by atoms with E-state index in [0.29, 0.717) is 37.7 Å². The van der Waals surface area contributed by atoms with Crippen molar-refractivity contribution in [2.45, 2.75) is 58.8 Å². The zero-order valence-corrected chi connectivity index (χ0v) is 22.9. The van der Waals surface area contributed by atoms with Crippen LogP contribution in [0.2, 0.25) is 0 Å². The Morgan fingerprint density at radius 1 is 1.32 bits per heavy atom. The molecule has 3 aromatic heterocycles. The summed E-state index contributed by atoms with van der Waals surface area (Å²) in [5, 5.41) is 20.7. The number of ether oxygens (including phenoxy) is 2. The third-order valence-corrected chi connectivity index (χ3v) is 7.81. The van der Waals surface area contributed by atoms with Crippen LogP contribution in [-0.2, 0) is 21.5 Å². The number of para-hydroxylation sites is 1. The molecule has 0 aliphatic heterocycles. The Hall–Kier alpha value is -3.94. The molecular formula is C28H29N3O6S. The molecule has 1 aromatic carbocycles. The topological polar surface area (TPSA) is 128 Å². The molecule has 0 saturated carbocycles. The number of nitriles is 1. The zero-order valence-electron chi connectivity index (χ0n) is 22.1. The van der Waals surface area contributed by atoms with Gasteiger partial charge in [-0.1, -0.05) is 18.2 Å². The van der Waals surface area contributed by atoms with Gasteiger partial charge in [-0.3, -0.25) is 9.36 Å². The first-order valence-electron chi connectivity index (χ1n) is 12.1. The fourth-order valence-electron chi connectivity index (χ4n) is 4.59. The van der Waals surface area contributed by atoms with Gasteiger partial charge < -0.3 is 19.0 Å². The second-order valence-electron chi connectivity index (χ2n) is 9.66. The highest BCUT2D eigenvalue weighted by Gasteiger charge is 2.37. The maximum Gasteiger partial charge on any atom is 0.329 e. The lowest BCUT2D eigenvalue weighted by Crippen LogP contribution is -2.44. The van der Waals surface area contributed by atoms with E-state index in [1.807, 2.05) is 38.1 Å². The van der Waals surface area contributed by atoms with E-state index < -0.39 is 23.2 Å². The zero-order chi connectivity index (χ0) is 27.8. The van der Waals surface area contributed by atoms with Crippen molar-refractivity contribution in [3.05, 3.63) is 69.5 Å². The second kappa shape index (κ2) is 10.4. The van der Waals surface area contributed by atoms with Gasteiger partial charge in [0.15, 0.2) is 0 Å². The molecule has 1 N–H and O–H groups in total. The number of thiophene rings is 1. The van der Waals surface area contributed by atoms with Crippen LogP contribution < -0.4 is 10.3 Å². The molecule has 0 saturated heterocycles. The maximum absolute atomic E-state index is 13.9. The van der Waals surface area contributed by atoms with Gasteiger partial charge in [-0.05, 0) is 46.2 Å². The number of methoxy groups -OCH3 is 1. The van der Waals surface area contributed by atoms with Crippen molar-refractivity contribution in [1.29, 1.82) is 5.26 Å². The Balaban J connectivity index is 2.10. The van der Waals surface area contributed by atoms with Gasteiger partial charge in [0.1, 0.15) is 29.3 Å². The highest BCUT2D eigenvalue weighted by Crippen LogP contribution is 2.42. The molecule has 0 aliphatic carbocycles. The molecule has 4 rings (SSSR count). The molecule has 0 spiro atoms. The number of oxazole rings is 1. The summed E-state index contributed by atoms with van der Waals surface area (Å²) in [4.78, 5) is 31.1. The van der Waals surface area contributed by atoms with Gasteiger partial charge in [-0.15, -0.1) is 11.3 Å². The average molecular weight is 536 g/mol. The van der Waals surface area contributed by atoms with E-state index in [9.17, 15) is 20.0 Å². The number of aliphatic carboxylic acids is 1. The van der Waals surface area contributed by atoms with Crippen molar-refractivity contribution >= 4 is 27.4 Å². The molecule has 9 nitrogen and oxygen atoms in total. The Morgan fingerprint density at radius 3 is 2.61 bits per heavy atom. The fraction of sp³-hybridized carbons (Fsp3) is 0.357. The third kappa shape index (κ3) is 4.59. The molecule has 1 atom stereocenters. The third-order valence-electron chi connectivity index (χ3n) is 6.47. The van der Waals surface area contributed by atoms with Crippen molar-refractivity contribution in [3.63, 3.8) is 0 Å². The molecule has 3 heterocycles. The first-order valence-corrected chi connectivity index (χ1v) is 12.9. The summed E-state index contributed by atoms with van der Waals surface area (Å²) in [6.07, 6.45) is 2.44. The van der Waals surface area contributed by atoms with Crippen LogP contribution in [0.15, 0.2) is 45.9 Å². The minimum Gasteiger partial charge on any atom is -0.496 e. The number of hydrogen-bond donors (Lipinski definition) is 1. The monoisotopic (exact) mass is 535 g/mol. The first-order chi connectivity index (χ1) is 18.0. The standard InChI is InChI=1S/C28H29N3O6S/c1-15(2)37-21(17-9-7-8-10-20(17)35-6)13-18-19(14-29)31(28(4,5)27(33)34)26(32)22-16(3)23(38-24(18)22)25-30-11-12-36-25/h7-12,15,21H,13H2,1-6H3,(H,33,34)/t21-/m0/s1. The van der Waals surface area contributed by atoms with Gasteiger partial charge in [-0.2, -0.15) is 5.26 Å². The van der Waals surface area contributed by atoms with E-state index in [0.717, 1.165) is 10.1 Å². The summed E-state index contributed by atoms with van der Waals surface area (Å²) in [6, 6.07) is 9.59. The number of carboxylic acid groups (broad SMARTS) is 1. The van der Waals surface area contributed by atoms with Crippen LogP contribution in [-0.4, -0.2) is 33.8 Å². The molecule has 0 amide bonds. The van der Waals surface area contributed by atoms with Crippen LogP contribution in [0.1, 0.15) is 56.2 Å². The van der Waals surface area contributed by atoms with Gasteiger partial charge in [0.05, 0.1) is 35.8 Å². The van der Waals surface area contributed by atoms with E-state index in [2.05, 4.69) is 11.1 Å². The summed E-state index contributed by atoms with van der Waals surface area (Å²) < 4.78 is 19.1. The Bertz CT molecular complexity index is 1590. The maximum atomic E-state index is 13.9. The van der Waals surface area contributed by atoms with Crippen LogP contribution in [0.25, 0.3) is 20.9 Å². The Morgan fingerprint density at radius 2 is 2.03 bits per heavy atom. The number of aromatic nitrogens is 2. The summed E-state index contributed by atoms with van der Waals surface area (Å²) >= 11 is 1.29. The minimum atomic E-state index is -1.69. The number of nitrogens with zero attached hydrogens (tertiary/aromatic N) is 3. The highest BCUT2D eigenvalue weighted by molar-refractivity contribution is 7.22. The number of pyridine rings is 1. The molecule has 0 radical (unpaired) electrons. The quantitative estimate of drug-likeness (QED) is 0.300. The molecule has 4 aromatic rings. The predicted octanol–water partition coefficient (Wildman–Crippen LogP) is 5.44. The van der Waals surface area contributed by atoms with Crippen LogP contribution in [0.5, 0.6) is 5.75 Å². The largest absolute Gasteiger partial charge is 0.496 e. The summed E-state index contributed by atoms with van der Waals surface area (Å²) in [5.41, 5.74) is -0.380. The highest BCUT2D eigenvalue weighted by atomic mass is 32.1. The second-order valence-corrected chi connectivity index (χ2v) is 10.7. The Kier molecular flexibility index (Phi) is 7.44. The van der Waals surface area contributed by atoms with Gasteiger partial charge in [0.2, 0.25) is 5.89 Å². The van der Waals surface area contributed by atoms with Gasteiger partial charge in [-0.25, -0.2) is 9.78 Å². The lowest BCUT2D eigenvalue weighted by atomic mass is 9.95. The van der Waals surface area contributed by atoms with E-state index in [4.69, 9.17) is 13.9 Å². The summed E-state index contributed by atoms with van der Waals surface area (Å²) in [7, 11) is 1.57. The van der Waals surface area contributed by atoms with Crippen LogP contribution in [0, 0.1) is 18.3 Å². The number of carboxylic acids is 1. The lowest BCUT2D eigenvalue weighted by molar-refractivity contribution is -0.145. The number of aryl methyl sites for hydroxylation is 1. The normalized spacial score (nSPS) is 12.6. The molecule has 0 aliphatic rings. The fourth-order valence-corrected chi connectivity index (χ4v) is 5.89. The van der Waals surface area contributed by atoms with Crippen LogP contribution in [0.4, 0.5) is 0 Å². The van der Waals surface area contributed by atoms with Crippen LogP contribution >= 0.6 is 11.3 Å². The smallest absolute Gasteiger partial charge is 0.329 e. The molecule has 38 heavy (non-hydrogen) atoms. The minimum absolute atomic E-state index is 0.0256. The average Bonchev–Trinajstić information content (AvgIpc) is 3.52. The van der Waals surface area contributed by atoms with Crippen molar-refractivity contribution in [3.8, 4) is 22.6 Å². The van der Waals surface area contributed by atoms with Crippen molar-refractivity contribution in [2.75, 3.05) is 7.11 Å². The van der Waals surface area contributed by atoms with Crippen molar-refractivity contribution < 1.29 is 23.8 Å². The number of rotatable bonds is 9. The van der Waals surface area contributed by atoms with Gasteiger partial charge in [0.25, 0.3) is 5.56 Å². The molecular weight excluding hydrogens is 506 g/mol. The van der Waals surface area contributed by atoms with Gasteiger partial charge >= 0.3 is 5.97 Å². The number of hydrogen-bond acceptors (Lipinski definition) is 8. The molecule has 0 unspecified atom stereocenters. The molecule has 10 heteroatoms. The predicted molar refractivity (Wildman–Crippen MR) is 144 cm³/mol. The summed E-state index contributed by atoms with van der Waals surface area (Å²) in [5.74, 6) is -0.270. The molecule has 0 bridgehead atoms. The van der Waals surface area contributed by atoms with Crippen molar-refractivity contribution in [2.24, 2.45) is 0 Å². The summed E-state index contributed by atoms with van der Waals surface area (Å²) in [6.45, 7) is 8.41. The molecule has 198 valence electrons. The number of benzene rings is 1. The Labute approximate surface area is 223 Å². The van der Waals surface area contributed by atoms with E-state index >= 15 is 0 Å². The van der Waals surface area contributed by atoms with E-state index in [-0.39, 0.29) is 18.2 Å². The first kappa shape index (κ1) is 27.1. The number of carbonyl (C=O) groups is 1. The molecule has 0 fully saturated rings. The van der Waals surface area contributed by atoms with E-state index in [1.54, 1.807) is 14.0 Å². The van der Waals surface area contributed by atoms with Gasteiger partial charge in [0, 0.05) is 22.2 Å². The van der Waals surface area contributed by atoms with Crippen molar-refractivity contribution in [1.82, 2.24) is 9.55 Å². The SMILES string of the molecule is COc1ccccc1[C@H](Cc1c(C#N)n(C(C)(C)C(=O)O)c(=O)c2c(C)c(-c3ncco3)sc12)OC(C)C. The van der Waals surface area contributed by atoms with E-state index in [1.165, 1.54) is 37.6 Å². The lowest BCUT2D eigenvalue weighted by Gasteiger charge is -2.28. The number of fused-ring (bicyclic) bond motifs is 1.